The molecule has 116 valence electrons. The van der Waals surface area contributed by atoms with Crippen molar-refractivity contribution in [3.05, 3.63) is 78.6 Å². The lowest BCUT2D eigenvalue weighted by Gasteiger charge is -2.29. The Balaban J connectivity index is 3.42. The minimum Gasteiger partial charge on any atom is -0.299 e. The van der Waals surface area contributed by atoms with Gasteiger partial charge in [-0.25, -0.2) is 0 Å². The van der Waals surface area contributed by atoms with Gasteiger partial charge in [-0.05, 0) is 37.5 Å². The molecule has 0 heterocycles. The predicted molar refractivity (Wildman–Crippen MR) is 99.6 cm³/mol. The fraction of sp³-hybridized carbons (Fsp3) is 0.250. The number of anilines is 1. The van der Waals surface area contributed by atoms with Crippen molar-refractivity contribution < 1.29 is 0 Å². The van der Waals surface area contributed by atoms with Gasteiger partial charge < -0.3 is 0 Å². The van der Waals surface area contributed by atoms with E-state index >= 15 is 0 Å². The minimum atomic E-state index is 0.872. The Bertz CT molecular complexity index is 618. The Morgan fingerprint density at radius 3 is 2.55 bits per heavy atom. The SMILES string of the molecule is C=C/C(=C\C=C/C)C(=C)N(C(C)=NC)c1ccccc1CC. The molecule has 0 unspecified atom stereocenters. The number of hydrogen-bond donors (Lipinski definition) is 0. The maximum Gasteiger partial charge on any atom is 0.104 e. The summed E-state index contributed by atoms with van der Waals surface area (Å²) in [6.07, 6.45) is 8.78. The van der Waals surface area contributed by atoms with E-state index in [2.05, 4.69) is 48.2 Å². The topological polar surface area (TPSA) is 15.6 Å². The van der Waals surface area contributed by atoms with Crippen molar-refractivity contribution in [3.8, 4) is 0 Å². The van der Waals surface area contributed by atoms with Gasteiger partial charge in [-0.2, -0.15) is 0 Å². The van der Waals surface area contributed by atoms with Crippen LogP contribution in [-0.4, -0.2) is 12.9 Å². The van der Waals surface area contributed by atoms with Crippen molar-refractivity contribution >= 4 is 11.5 Å². The molecule has 0 bridgehead atoms. The van der Waals surface area contributed by atoms with Gasteiger partial charge in [-0.3, -0.25) is 9.89 Å². The van der Waals surface area contributed by atoms with Crippen molar-refractivity contribution in [2.75, 3.05) is 11.9 Å². The van der Waals surface area contributed by atoms with Crippen LogP contribution in [0.4, 0.5) is 5.69 Å². The smallest absolute Gasteiger partial charge is 0.104 e. The highest BCUT2D eigenvalue weighted by atomic mass is 15.2. The third-order valence-electron chi connectivity index (χ3n) is 3.55. The fourth-order valence-electron chi connectivity index (χ4n) is 2.25. The third kappa shape index (κ3) is 4.08. The molecule has 0 aliphatic rings. The van der Waals surface area contributed by atoms with E-state index in [1.54, 1.807) is 7.05 Å². The van der Waals surface area contributed by atoms with E-state index in [9.17, 15) is 0 Å². The van der Waals surface area contributed by atoms with Gasteiger partial charge in [0.05, 0.1) is 5.69 Å². The van der Waals surface area contributed by atoms with Crippen LogP contribution in [-0.2, 0) is 6.42 Å². The summed E-state index contributed by atoms with van der Waals surface area (Å²) < 4.78 is 0. The van der Waals surface area contributed by atoms with Crippen molar-refractivity contribution in [1.82, 2.24) is 0 Å². The Hall–Kier alpha value is -2.35. The summed E-state index contributed by atoms with van der Waals surface area (Å²) in [4.78, 5) is 6.45. The lowest BCUT2D eigenvalue weighted by molar-refractivity contribution is 1.10. The molecule has 2 nitrogen and oxygen atoms in total. The fourth-order valence-corrected chi connectivity index (χ4v) is 2.25. The summed E-state index contributed by atoms with van der Waals surface area (Å²) in [5.74, 6) is 0.902. The number of benzene rings is 1. The molecule has 0 aromatic heterocycles. The van der Waals surface area contributed by atoms with Crippen molar-refractivity contribution in [1.29, 1.82) is 0 Å². The second-order valence-corrected chi connectivity index (χ2v) is 4.89. The van der Waals surface area contributed by atoms with Gasteiger partial charge in [0.1, 0.15) is 5.84 Å². The zero-order valence-electron chi connectivity index (χ0n) is 14.1. The molecular formula is C20H26N2. The summed E-state index contributed by atoms with van der Waals surface area (Å²) in [6.45, 7) is 14.3. The average molecular weight is 294 g/mol. The molecule has 0 saturated heterocycles. The highest BCUT2D eigenvalue weighted by Crippen LogP contribution is 2.28. The van der Waals surface area contributed by atoms with E-state index in [4.69, 9.17) is 0 Å². The van der Waals surface area contributed by atoms with Crippen molar-refractivity contribution in [2.24, 2.45) is 4.99 Å². The molecule has 0 radical (unpaired) electrons. The number of nitrogens with zero attached hydrogens (tertiary/aromatic N) is 2. The molecule has 1 aromatic rings. The normalized spacial score (nSPS) is 12.5. The van der Waals surface area contributed by atoms with Crippen LogP contribution in [0.15, 0.2) is 78.0 Å². The van der Waals surface area contributed by atoms with Gasteiger partial charge in [0, 0.05) is 12.7 Å². The molecule has 0 saturated carbocycles. The first-order valence-corrected chi connectivity index (χ1v) is 7.56. The van der Waals surface area contributed by atoms with Gasteiger partial charge in [0.15, 0.2) is 0 Å². The Morgan fingerprint density at radius 2 is 2.00 bits per heavy atom. The molecule has 2 heteroatoms. The standard InChI is InChI=1S/C20H26N2/c1-7-10-13-18(8-2)16(4)22(17(5)21-6)20-15-12-11-14-19(20)9-3/h7-8,10-15H,2,4,9H2,1,3,5-6H3/b10-7-,18-13+,21-17?. The van der Waals surface area contributed by atoms with E-state index in [1.165, 1.54) is 5.56 Å². The van der Waals surface area contributed by atoms with Crippen LogP contribution < -0.4 is 4.90 Å². The maximum atomic E-state index is 4.36. The molecule has 22 heavy (non-hydrogen) atoms. The minimum absolute atomic E-state index is 0.872. The molecule has 0 aliphatic heterocycles. The highest BCUT2D eigenvalue weighted by molar-refractivity contribution is 6.00. The van der Waals surface area contributed by atoms with Crippen molar-refractivity contribution in [3.63, 3.8) is 0 Å². The molecule has 0 N–H and O–H groups in total. The summed E-state index contributed by atoms with van der Waals surface area (Å²) >= 11 is 0. The number of para-hydroxylation sites is 1. The molecule has 0 aliphatic carbocycles. The highest BCUT2D eigenvalue weighted by Gasteiger charge is 2.17. The summed E-state index contributed by atoms with van der Waals surface area (Å²) in [7, 11) is 1.80. The van der Waals surface area contributed by atoms with Gasteiger partial charge in [0.2, 0.25) is 0 Å². The van der Waals surface area contributed by atoms with Crippen LogP contribution in [0.3, 0.4) is 0 Å². The first-order valence-electron chi connectivity index (χ1n) is 7.56. The molecule has 1 aromatic carbocycles. The van der Waals surface area contributed by atoms with E-state index in [0.717, 1.165) is 29.2 Å². The monoisotopic (exact) mass is 294 g/mol. The summed E-state index contributed by atoms with van der Waals surface area (Å²) in [5.41, 5.74) is 4.23. The van der Waals surface area contributed by atoms with E-state index in [0.29, 0.717) is 0 Å². The van der Waals surface area contributed by atoms with Crippen LogP contribution in [0.1, 0.15) is 26.3 Å². The first kappa shape index (κ1) is 17.7. The largest absolute Gasteiger partial charge is 0.299 e. The average Bonchev–Trinajstić information content (AvgIpc) is 2.56. The van der Waals surface area contributed by atoms with Crippen LogP contribution >= 0.6 is 0 Å². The third-order valence-corrected chi connectivity index (χ3v) is 3.55. The lowest BCUT2D eigenvalue weighted by atomic mass is 10.1. The Labute approximate surface area is 134 Å². The quantitative estimate of drug-likeness (QED) is 0.394. The van der Waals surface area contributed by atoms with Gasteiger partial charge >= 0.3 is 0 Å². The van der Waals surface area contributed by atoms with Gasteiger partial charge in [-0.1, -0.05) is 62.6 Å². The predicted octanol–water partition coefficient (Wildman–Crippen LogP) is 5.31. The summed E-state index contributed by atoms with van der Waals surface area (Å²) in [6, 6.07) is 8.35. The van der Waals surface area contributed by atoms with E-state index in [-0.39, 0.29) is 0 Å². The number of amidine groups is 1. The molecule has 0 atom stereocenters. The number of rotatable bonds is 6. The Morgan fingerprint density at radius 1 is 1.32 bits per heavy atom. The number of hydrogen-bond acceptors (Lipinski definition) is 1. The first-order chi connectivity index (χ1) is 10.6. The Kier molecular flexibility index (Phi) is 7.11. The van der Waals surface area contributed by atoms with Gasteiger partial charge in [0.25, 0.3) is 0 Å². The zero-order chi connectivity index (χ0) is 16.5. The second kappa shape index (κ2) is 8.83. The second-order valence-electron chi connectivity index (χ2n) is 4.89. The van der Waals surface area contributed by atoms with Crippen LogP contribution in [0.5, 0.6) is 0 Å². The molecule has 0 amide bonds. The molecule has 0 fully saturated rings. The van der Waals surface area contributed by atoms with Crippen LogP contribution in [0.25, 0.3) is 0 Å². The molecule has 1 rings (SSSR count). The lowest BCUT2D eigenvalue weighted by Crippen LogP contribution is -2.29. The van der Waals surface area contributed by atoms with Gasteiger partial charge in [-0.15, -0.1) is 0 Å². The van der Waals surface area contributed by atoms with E-state index in [1.807, 2.05) is 44.2 Å². The number of aliphatic imine (C=N–C) groups is 1. The van der Waals surface area contributed by atoms with Crippen molar-refractivity contribution in [2.45, 2.75) is 27.2 Å². The maximum absolute atomic E-state index is 4.36. The molecular weight excluding hydrogens is 268 g/mol. The summed E-state index contributed by atoms with van der Waals surface area (Å²) in [5, 5.41) is 0. The number of allylic oxidation sites excluding steroid dienone is 4. The van der Waals surface area contributed by atoms with Crippen LogP contribution in [0.2, 0.25) is 0 Å². The zero-order valence-corrected chi connectivity index (χ0v) is 14.1. The van der Waals surface area contributed by atoms with Crippen LogP contribution in [0, 0.1) is 0 Å². The number of aryl methyl sites for hydroxylation is 1. The molecule has 0 spiro atoms. The van der Waals surface area contributed by atoms with E-state index < -0.39 is 0 Å².